The molecular weight excluding hydrogens is 334 g/mol. The van der Waals surface area contributed by atoms with Crippen molar-refractivity contribution in [3.05, 3.63) is 28.2 Å². The molecule has 7 heteroatoms. The van der Waals surface area contributed by atoms with Crippen molar-refractivity contribution < 1.29 is 8.42 Å². The first-order valence-electron chi connectivity index (χ1n) is 4.17. The number of benzene rings is 1. The fourth-order valence-corrected chi connectivity index (χ4v) is 3.85. The van der Waals surface area contributed by atoms with Gasteiger partial charge in [-0.2, -0.15) is 5.26 Å². The standard InChI is InChI=1S/C9H7BrClNO2S2/c10-9-5-8(2-1-7(9)6-12)15-3-4-16(11,13)14/h1-2,5H,3-4H2. The van der Waals surface area contributed by atoms with Gasteiger partial charge in [-0.15, -0.1) is 11.8 Å². The van der Waals surface area contributed by atoms with Gasteiger partial charge >= 0.3 is 0 Å². The Labute approximate surface area is 111 Å². The Morgan fingerprint density at radius 3 is 2.69 bits per heavy atom. The van der Waals surface area contributed by atoms with E-state index in [1.54, 1.807) is 18.2 Å². The van der Waals surface area contributed by atoms with Gasteiger partial charge in [-0.3, -0.25) is 0 Å². The van der Waals surface area contributed by atoms with Gasteiger partial charge in [-0.05, 0) is 34.1 Å². The van der Waals surface area contributed by atoms with Crippen LogP contribution in [-0.2, 0) is 9.05 Å². The zero-order valence-electron chi connectivity index (χ0n) is 7.98. The Kier molecular flexibility index (Phi) is 5.12. The Bertz CT molecular complexity index is 525. The highest BCUT2D eigenvalue weighted by Gasteiger charge is 2.06. The molecule has 0 aliphatic carbocycles. The second-order valence-electron chi connectivity index (χ2n) is 2.84. The summed E-state index contributed by atoms with van der Waals surface area (Å²) in [6.45, 7) is 0. The summed E-state index contributed by atoms with van der Waals surface area (Å²) in [6, 6.07) is 7.27. The minimum Gasteiger partial charge on any atom is -0.212 e. The monoisotopic (exact) mass is 339 g/mol. The van der Waals surface area contributed by atoms with Crippen LogP contribution in [0.3, 0.4) is 0 Å². The maximum Gasteiger partial charge on any atom is 0.233 e. The molecule has 1 aromatic rings. The number of nitrogens with zero attached hydrogens (tertiary/aromatic N) is 1. The molecule has 0 spiro atoms. The van der Waals surface area contributed by atoms with E-state index in [-0.39, 0.29) is 5.75 Å². The van der Waals surface area contributed by atoms with E-state index in [4.69, 9.17) is 15.9 Å². The third-order valence-electron chi connectivity index (χ3n) is 1.66. The highest BCUT2D eigenvalue weighted by molar-refractivity contribution is 9.10. The van der Waals surface area contributed by atoms with E-state index in [1.807, 2.05) is 6.07 Å². The van der Waals surface area contributed by atoms with Gasteiger partial charge in [0.05, 0.1) is 11.3 Å². The summed E-state index contributed by atoms with van der Waals surface area (Å²) >= 11 is 4.64. The molecule has 0 N–H and O–H groups in total. The van der Waals surface area contributed by atoms with Crippen LogP contribution in [0, 0.1) is 11.3 Å². The Balaban J connectivity index is 2.63. The minimum absolute atomic E-state index is 0.0726. The maximum absolute atomic E-state index is 10.7. The third-order valence-corrected chi connectivity index (χ3v) is 4.72. The first-order valence-corrected chi connectivity index (χ1v) is 8.43. The van der Waals surface area contributed by atoms with Crippen molar-refractivity contribution in [1.29, 1.82) is 5.26 Å². The van der Waals surface area contributed by atoms with E-state index in [9.17, 15) is 8.42 Å². The van der Waals surface area contributed by atoms with E-state index in [2.05, 4.69) is 15.9 Å². The van der Waals surface area contributed by atoms with E-state index in [1.165, 1.54) is 11.8 Å². The van der Waals surface area contributed by atoms with Crippen LogP contribution in [-0.4, -0.2) is 19.9 Å². The SMILES string of the molecule is N#Cc1ccc(SCCS(=O)(=O)Cl)cc1Br. The molecule has 1 rings (SSSR count). The van der Waals surface area contributed by atoms with Gasteiger partial charge in [0, 0.05) is 25.8 Å². The molecule has 0 aliphatic rings. The molecule has 0 unspecified atom stereocenters. The van der Waals surface area contributed by atoms with E-state index < -0.39 is 9.05 Å². The largest absolute Gasteiger partial charge is 0.233 e. The maximum atomic E-state index is 10.7. The van der Waals surface area contributed by atoms with Gasteiger partial charge in [0.15, 0.2) is 0 Å². The lowest BCUT2D eigenvalue weighted by Crippen LogP contribution is -1.99. The van der Waals surface area contributed by atoms with Gasteiger partial charge in [0.25, 0.3) is 0 Å². The van der Waals surface area contributed by atoms with Crippen LogP contribution in [0.15, 0.2) is 27.6 Å². The topological polar surface area (TPSA) is 57.9 Å². The van der Waals surface area contributed by atoms with Gasteiger partial charge in [-0.1, -0.05) is 0 Å². The molecule has 0 aliphatic heterocycles. The molecule has 0 bridgehead atoms. The van der Waals surface area contributed by atoms with Crippen LogP contribution in [0.2, 0.25) is 0 Å². The number of hydrogen-bond donors (Lipinski definition) is 0. The molecule has 1 aromatic carbocycles. The number of halogens is 2. The van der Waals surface area contributed by atoms with Crippen LogP contribution < -0.4 is 0 Å². The molecule has 0 fully saturated rings. The highest BCUT2D eigenvalue weighted by Crippen LogP contribution is 2.25. The van der Waals surface area contributed by atoms with Crippen molar-refractivity contribution in [1.82, 2.24) is 0 Å². The van der Waals surface area contributed by atoms with E-state index >= 15 is 0 Å². The van der Waals surface area contributed by atoms with Crippen LogP contribution in [0.4, 0.5) is 0 Å². The molecule has 0 saturated heterocycles. The summed E-state index contributed by atoms with van der Waals surface area (Å²) in [5, 5.41) is 8.71. The zero-order chi connectivity index (χ0) is 12.2. The molecule has 0 amide bonds. The second kappa shape index (κ2) is 5.92. The van der Waals surface area contributed by atoms with Gasteiger partial charge < -0.3 is 0 Å². The molecule has 0 aromatic heterocycles. The molecule has 0 saturated carbocycles. The van der Waals surface area contributed by atoms with Crippen molar-refractivity contribution in [2.45, 2.75) is 4.90 Å². The molecule has 86 valence electrons. The van der Waals surface area contributed by atoms with Crippen LogP contribution in [0.25, 0.3) is 0 Å². The molecular formula is C9H7BrClNO2S2. The van der Waals surface area contributed by atoms with E-state index in [0.29, 0.717) is 15.8 Å². The van der Waals surface area contributed by atoms with Crippen molar-refractivity contribution in [3.63, 3.8) is 0 Å². The lowest BCUT2D eigenvalue weighted by Gasteiger charge is -2.01. The molecule has 16 heavy (non-hydrogen) atoms. The normalized spacial score (nSPS) is 11.1. The van der Waals surface area contributed by atoms with Crippen molar-refractivity contribution in [3.8, 4) is 6.07 Å². The molecule has 3 nitrogen and oxygen atoms in total. The summed E-state index contributed by atoms with van der Waals surface area (Å²) < 4.78 is 22.1. The summed E-state index contributed by atoms with van der Waals surface area (Å²) in [5.74, 6) is 0.320. The molecule has 0 radical (unpaired) electrons. The lowest BCUT2D eigenvalue weighted by atomic mass is 10.2. The minimum atomic E-state index is -3.43. The van der Waals surface area contributed by atoms with Crippen LogP contribution >= 0.6 is 38.4 Å². The number of rotatable bonds is 4. The number of hydrogen-bond acceptors (Lipinski definition) is 4. The summed E-state index contributed by atoms with van der Waals surface area (Å²) in [6.07, 6.45) is 0. The second-order valence-corrected chi connectivity index (χ2v) is 7.76. The van der Waals surface area contributed by atoms with E-state index in [0.717, 1.165) is 4.90 Å². The third kappa shape index (κ3) is 4.74. The van der Waals surface area contributed by atoms with Gasteiger partial charge in [0.2, 0.25) is 9.05 Å². The quantitative estimate of drug-likeness (QED) is 0.624. The highest BCUT2D eigenvalue weighted by atomic mass is 79.9. The fraction of sp³-hybridized carbons (Fsp3) is 0.222. The van der Waals surface area contributed by atoms with Gasteiger partial charge in [-0.25, -0.2) is 8.42 Å². The summed E-state index contributed by atoms with van der Waals surface area (Å²) in [4.78, 5) is 0.895. The zero-order valence-corrected chi connectivity index (χ0v) is 12.0. The first kappa shape index (κ1) is 13.8. The van der Waals surface area contributed by atoms with Gasteiger partial charge in [0.1, 0.15) is 6.07 Å². The van der Waals surface area contributed by atoms with Crippen molar-refractivity contribution in [2.75, 3.05) is 11.5 Å². The Morgan fingerprint density at radius 1 is 1.50 bits per heavy atom. The number of thioether (sulfide) groups is 1. The number of nitriles is 1. The van der Waals surface area contributed by atoms with Crippen LogP contribution in [0.5, 0.6) is 0 Å². The lowest BCUT2D eigenvalue weighted by molar-refractivity contribution is 0.611. The summed E-state index contributed by atoms with van der Waals surface area (Å²) in [7, 11) is 1.66. The van der Waals surface area contributed by atoms with Crippen molar-refractivity contribution >= 4 is 47.4 Å². The fourth-order valence-electron chi connectivity index (χ4n) is 0.935. The van der Waals surface area contributed by atoms with Crippen molar-refractivity contribution in [2.24, 2.45) is 0 Å². The van der Waals surface area contributed by atoms with Crippen LogP contribution in [0.1, 0.15) is 5.56 Å². The average Bonchev–Trinajstić information content (AvgIpc) is 2.16. The Morgan fingerprint density at radius 2 is 2.19 bits per heavy atom. The molecule has 0 atom stereocenters. The smallest absolute Gasteiger partial charge is 0.212 e. The summed E-state index contributed by atoms with van der Waals surface area (Å²) in [5.41, 5.74) is 0.550. The predicted octanol–water partition coefficient (Wildman–Crippen LogP) is 2.98. The first-order chi connectivity index (χ1) is 7.42. The molecule has 0 heterocycles. The Hall–Kier alpha value is -0.220. The predicted molar refractivity (Wildman–Crippen MR) is 69.2 cm³/mol. The average molecular weight is 341 g/mol.